The number of ketones is 1. The minimum atomic E-state index is 0.00765. The molecule has 2 N–H and O–H groups in total. The molecule has 0 aromatic rings. The Kier molecular flexibility index (Phi) is 6.82. The Labute approximate surface area is 80.6 Å². The van der Waals surface area contributed by atoms with Crippen LogP contribution in [-0.4, -0.2) is 24.5 Å². The van der Waals surface area contributed by atoms with Crippen LogP contribution >= 0.6 is 0 Å². The van der Waals surface area contributed by atoms with Crippen LogP contribution in [0.5, 0.6) is 0 Å². The zero-order valence-corrected chi connectivity index (χ0v) is 8.88. The normalized spacial score (nSPS) is 13.3. The van der Waals surface area contributed by atoms with E-state index in [2.05, 4.69) is 6.92 Å². The van der Waals surface area contributed by atoms with Gasteiger partial charge in [-0.3, -0.25) is 4.79 Å². The highest BCUT2D eigenvalue weighted by Crippen LogP contribution is 2.00. The number of hydrogen-bond acceptors (Lipinski definition) is 3. The van der Waals surface area contributed by atoms with E-state index in [0.29, 0.717) is 6.42 Å². The predicted molar refractivity (Wildman–Crippen MR) is 53.6 cm³/mol. The highest BCUT2D eigenvalue weighted by Gasteiger charge is 2.09. The minimum absolute atomic E-state index is 0.00765. The Morgan fingerprint density at radius 3 is 2.54 bits per heavy atom. The van der Waals surface area contributed by atoms with Crippen molar-refractivity contribution in [2.24, 2.45) is 5.73 Å². The third kappa shape index (κ3) is 7.94. The van der Waals surface area contributed by atoms with Crippen LogP contribution in [0.1, 0.15) is 40.0 Å². The number of hydrogen-bond donors (Lipinski definition) is 1. The van der Waals surface area contributed by atoms with Crippen LogP contribution in [0.3, 0.4) is 0 Å². The van der Waals surface area contributed by atoms with E-state index in [9.17, 15) is 4.79 Å². The van der Waals surface area contributed by atoms with Crippen molar-refractivity contribution in [1.29, 1.82) is 0 Å². The molecule has 0 saturated carbocycles. The van der Waals surface area contributed by atoms with Gasteiger partial charge >= 0.3 is 0 Å². The summed E-state index contributed by atoms with van der Waals surface area (Å²) in [6.45, 7) is 6.10. The molecule has 0 bridgehead atoms. The third-order valence-electron chi connectivity index (χ3n) is 1.73. The van der Waals surface area contributed by atoms with Crippen LogP contribution < -0.4 is 5.73 Å². The summed E-state index contributed by atoms with van der Waals surface area (Å²) in [7, 11) is 0. The van der Waals surface area contributed by atoms with Crippen molar-refractivity contribution in [3.8, 4) is 0 Å². The number of ether oxygens (including phenoxy) is 1. The predicted octanol–water partition coefficient (Wildman–Crippen LogP) is 1.50. The molecule has 0 amide bonds. The van der Waals surface area contributed by atoms with E-state index in [1.165, 1.54) is 0 Å². The summed E-state index contributed by atoms with van der Waals surface area (Å²) in [5.41, 5.74) is 5.72. The fraction of sp³-hybridized carbons (Fsp3) is 0.900. The molecule has 3 heteroatoms. The standard InChI is InChI=1S/C10H21NO2/c1-4-5-9(11)6-10(12)7-13-8(2)3/h8-9H,4-7,11H2,1-3H3. The van der Waals surface area contributed by atoms with Gasteiger partial charge in [0.15, 0.2) is 5.78 Å². The van der Waals surface area contributed by atoms with Gasteiger partial charge in [-0.1, -0.05) is 13.3 Å². The quantitative estimate of drug-likeness (QED) is 0.657. The lowest BCUT2D eigenvalue weighted by Crippen LogP contribution is -2.26. The summed E-state index contributed by atoms with van der Waals surface area (Å²) < 4.78 is 5.18. The molecule has 0 aliphatic carbocycles. The lowest BCUT2D eigenvalue weighted by atomic mass is 10.1. The summed E-state index contributed by atoms with van der Waals surface area (Å²) in [6, 6.07) is 0.00765. The van der Waals surface area contributed by atoms with Crippen molar-refractivity contribution in [1.82, 2.24) is 0 Å². The molecular formula is C10H21NO2. The molecule has 1 unspecified atom stereocenters. The summed E-state index contributed by atoms with van der Waals surface area (Å²) >= 11 is 0. The molecule has 13 heavy (non-hydrogen) atoms. The Bertz CT molecular complexity index is 146. The number of Topliss-reactive ketones (excluding diaryl/α,β-unsaturated/α-hetero) is 1. The van der Waals surface area contributed by atoms with Crippen molar-refractivity contribution in [3.05, 3.63) is 0 Å². The monoisotopic (exact) mass is 187 g/mol. The van der Waals surface area contributed by atoms with Crippen molar-refractivity contribution < 1.29 is 9.53 Å². The van der Waals surface area contributed by atoms with Crippen molar-refractivity contribution in [3.63, 3.8) is 0 Å². The van der Waals surface area contributed by atoms with E-state index in [1.807, 2.05) is 13.8 Å². The smallest absolute Gasteiger partial charge is 0.160 e. The maximum Gasteiger partial charge on any atom is 0.160 e. The molecule has 3 nitrogen and oxygen atoms in total. The third-order valence-corrected chi connectivity index (χ3v) is 1.73. The topological polar surface area (TPSA) is 52.3 Å². The van der Waals surface area contributed by atoms with Crippen molar-refractivity contribution >= 4 is 5.78 Å². The Hall–Kier alpha value is -0.410. The van der Waals surface area contributed by atoms with Gasteiger partial charge in [-0.15, -0.1) is 0 Å². The first-order valence-electron chi connectivity index (χ1n) is 4.95. The summed E-state index contributed by atoms with van der Waals surface area (Å²) in [6.07, 6.45) is 2.50. The van der Waals surface area contributed by atoms with E-state index >= 15 is 0 Å². The molecule has 0 saturated heterocycles. The van der Waals surface area contributed by atoms with Gasteiger partial charge in [0.2, 0.25) is 0 Å². The van der Waals surface area contributed by atoms with Crippen LogP contribution in [-0.2, 0) is 9.53 Å². The van der Waals surface area contributed by atoms with Gasteiger partial charge in [-0.05, 0) is 20.3 Å². The Morgan fingerprint density at radius 2 is 2.08 bits per heavy atom. The maximum atomic E-state index is 11.2. The van der Waals surface area contributed by atoms with Gasteiger partial charge in [-0.25, -0.2) is 0 Å². The highest BCUT2D eigenvalue weighted by atomic mass is 16.5. The van der Waals surface area contributed by atoms with E-state index in [1.54, 1.807) is 0 Å². The van der Waals surface area contributed by atoms with Crippen LogP contribution in [0.15, 0.2) is 0 Å². The first kappa shape index (κ1) is 12.6. The van der Waals surface area contributed by atoms with E-state index in [0.717, 1.165) is 12.8 Å². The van der Waals surface area contributed by atoms with Gasteiger partial charge in [0.1, 0.15) is 6.61 Å². The second-order valence-electron chi connectivity index (χ2n) is 3.65. The summed E-state index contributed by atoms with van der Waals surface area (Å²) in [4.78, 5) is 11.2. The highest BCUT2D eigenvalue weighted by molar-refractivity contribution is 5.80. The van der Waals surface area contributed by atoms with E-state index < -0.39 is 0 Å². The van der Waals surface area contributed by atoms with Crippen LogP contribution in [0.2, 0.25) is 0 Å². The molecule has 0 heterocycles. The lowest BCUT2D eigenvalue weighted by Gasteiger charge is -2.10. The SMILES string of the molecule is CCCC(N)CC(=O)COC(C)C. The first-order valence-corrected chi connectivity index (χ1v) is 4.95. The molecular weight excluding hydrogens is 166 g/mol. The average molecular weight is 187 g/mol. The van der Waals surface area contributed by atoms with E-state index in [4.69, 9.17) is 10.5 Å². The number of nitrogens with two attached hydrogens (primary N) is 1. The zero-order valence-electron chi connectivity index (χ0n) is 8.88. The molecule has 0 aromatic heterocycles. The van der Waals surface area contributed by atoms with Crippen LogP contribution in [0.4, 0.5) is 0 Å². The summed E-state index contributed by atoms with van der Waals surface area (Å²) in [5.74, 6) is 0.106. The zero-order chi connectivity index (χ0) is 10.3. The van der Waals surface area contributed by atoms with Gasteiger partial charge in [0, 0.05) is 12.5 Å². The maximum absolute atomic E-state index is 11.2. The molecule has 0 rings (SSSR count). The molecule has 0 aliphatic heterocycles. The summed E-state index contributed by atoms with van der Waals surface area (Å²) in [5, 5.41) is 0. The lowest BCUT2D eigenvalue weighted by molar-refractivity contribution is -0.125. The van der Waals surface area contributed by atoms with E-state index in [-0.39, 0.29) is 24.5 Å². The Balaban J connectivity index is 3.50. The average Bonchev–Trinajstić information content (AvgIpc) is 2.01. The molecule has 0 spiro atoms. The van der Waals surface area contributed by atoms with Crippen molar-refractivity contribution in [2.75, 3.05) is 6.61 Å². The largest absolute Gasteiger partial charge is 0.371 e. The van der Waals surface area contributed by atoms with Gasteiger partial charge < -0.3 is 10.5 Å². The minimum Gasteiger partial charge on any atom is -0.371 e. The van der Waals surface area contributed by atoms with Crippen molar-refractivity contribution in [2.45, 2.75) is 52.2 Å². The van der Waals surface area contributed by atoms with Crippen LogP contribution in [0.25, 0.3) is 0 Å². The molecule has 1 atom stereocenters. The molecule has 0 fully saturated rings. The fourth-order valence-electron chi connectivity index (χ4n) is 1.08. The number of rotatable bonds is 7. The molecule has 0 radical (unpaired) electrons. The second-order valence-corrected chi connectivity index (χ2v) is 3.65. The van der Waals surface area contributed by atoms with Gasteiger partial charge in [-0.2, -0.15) is 0 Å². The Morgan fingerprint density at radius 1 is 1.46 bits per heavy atom. The molecule has 0 aliphatic rings. The number of carbonyl (C=O) groups excluding carboxylic acids is 1. The van der Waals surface area contributed by atoms with Gasteiger partial charge in [0.25, 0.3) is 0 Å². The molecule has 78 valence electrons. The fourth-order valence-corrected chi connectivity index (χ4v) is 1.08. The first-order chi connectivity index (χ1) is 6.06. The second kappa shape index (κ2) is 7.04. The molecule has 0 aromatic carbocycles. The number of carbonyl (C=O) groups is 1. The van der Waals surface area contributed by atoms with Crippen LogP contribution in [0, 0.1) is 0 Å². The van der Waals surface area contributed by atoms with Gasteiger partial charge in [0.05, 0.1) is 6.10 Å².